The maximum atomic E-state index is 13.2. The van der Waals surface area contributed by atoms with Crippen molar-refractivity contribution < 1.29 is 9.59 Å². The molecule has 2 heterocycles. The highest BCUT2D eigenvalue weighted by Crippen LogP contribution is 2.29. The van der Waals surface area contributed by atoms with E-state index in [9.17, 15) is 9.59 Å². The molecule has 2 aromatic rings. The highest BCUT2D eigenvalue weighted by molar-refractivity contribution is 8.14. The van der Waals surface area contributed by atoms with Crippen LogP contribution >= 0.6 is 23.4 Å². The second-order valence-corrected chi connectivity index (χ2v) is 8.93. The number of carbonyl (C=O) groups excluding carboxylic acids is 2. The van der Waals surface area contributed by atoms with Crippen molar-refractivity contribution in [1.82, 2.24) is 9.80 Å². The molecule has 0 atom stereocenters. The molecule has 0 bridgehead atoms. The van der Waals surface area contributed by atoms with E-state index in [1.807, 2.05) is 47.4 Å². The molecule has 4 rings (SSSR count). The minimum absolute atomic E-state index is 0.0732. The lowest BCUT2D eigenvalue weighted by molar-refractivity contribution is -0.130. The molecule has 1 saturated heterocycles. The molecule has 0 aromatic heterocycles. The van der Waals surface area contributed by atoms with Crippen molar-refractivity contribution in [1.29, 1.82) is 0 Å². The third-order valence-electron chi connectivity index (χ3n) is 5.51. The molecular formula is C24H25ClN4O2S. The third-order valence-corrected chi connectivity index (χ3v) is 6.69. The Morgan fingerprint density at radius 2 is 1.75 bits per heavy atom. The molecule has 1 fully saturated rings. The van der Waals surface area contributed by atoms with Crippen molar-refractivity contribution in [2.45, 2.75) is 6.92 Å². The highest BCUT2D eigenvalue weighted by Gasteiger charge is 2.33. The van der Waals surface area contributed by atoms with Gasteiger partial charge >= 0.3 is 0 Å². The van der Waals surface area contributed by atoms with Crippen LogP contribution in [-0.2, 0) is 9.59 Å². The Labute approximate surface area is 197 Å². The number of aliphatic imine (C=N–C) groups is 1. The van der Waals surface area contributed by atoms with Gasteiger partial charge < -0.3 is 9.80 Å². The van der Waals surface area contributed by atoms with Gasteiger partial charge in [-0.1, -0.05) is 60.6 Å². The van der Waals surface area contributed by atoms with Crippen molar-refractivity contribution in [2.24, 2.45) is 4.99 Å². The number of thioether (sulfide) groups is 1. The minimum atomic E-state index is -0.211. The molecule has 0 saturated carbocycles. The Kier molecular flexibility index (Phi) is 7.29. The topological polar surface area (TPSA) is 56.2 Å². The number of hydrogen-bond donors (Lipinski definition) is 0. The fourth-order valence-corrected chi connectivity index (χ4v) is 4.69. The lowest BCUT2D eigenvalue weighted by Gasteiger charge is -2.34. The van der Waals surface area contributed by atoms with E-state index in [0.717, 1.165) is 44.0 Å². The number of rotatable bonds is 5. The van der Waals surface area contributed by atoms with E-state index in [4.69, 9.17) is 11.6 Å². The van der Waals surface area contributed by atoms with E-state index < -0.39 is 0 Å². The third kappa shape index (κ3) is 5.23. The molecule has 2 aliphatic heterocycles. The summed E-state index contributed by atoms with van der Waals surface area (Å²) in [5.74, 6) is 0.109. The largest absolute Gasteiger partial charge is 0.339 e. The van der Waals surface area contributed by atoms with Crippen LogP contribution in [0.1, 0.15) is 12.5 Å². The van der Waals surface area contributed by atoms with Gasteiger partial charge in [-0.2, -0.15) is 0 Å². The summed E-state index contributed by atoms with van der Waals surface area (Å²) in [6.45, 7) is 6.42. The van der Waals surface area contributed by atoms with E-state index >= 15 is 0 Å². The molecule has 6 nitrogen and oxygen atoms in total. The number of amidine groups is 1. The van der Waals surface area contributed by atoms with Crippen LogP contribution in [0.5, 0.6) is 0 Å². The average Bonchev–Trinajstić information content (AvgIpc) is 3.14. The smallest absolute Gasteiger partial charge is 0.283 e. The molecule has 0 N–H and O–H groups in total. The Bertz CT molecular complexity index is 1030. The first-order valence-electron chi connectivity index (χ1n) is 10.6. The summed E-state index contributed by atoms with van der Waals surface area (Å²) in [5.41, 5.74) is 1.90. The quantitative estimate of drug-likeness (QED) is 0.623. The monoisotopic (exact) mass is 468 g/mol. The molecule has 2 aliphatic rings. The van der Waals surface area contributed by atoms with Gasteiger partial charge in [-0.15, -0.1) is 0 Å². The standard InChI is InChI=1S/C24H25ClN4O2S/c1-2-27-12-14-28(15-13-27)22(30)17-32-24-26-21(16-18-8-10-19(25)11-9-18)23(31)29(24)20-6-4-3-5-7-20/h3-11,16H,2,12-15,17H2,1H3/b21-16+. The van der Waals surface area contributed by atoms with Crippen LogP contribution in [0.15, 0.2) is 65.3 Å². The van der Waals surface area contributed by atoms with Gasteiger partial charge in [0.2, 0.25) is 5.91 Å². The first-order chi connectivity index (χ1) is 15.5. The summed E-state index contributed by atoms with van der Waals surface area (Å²) in [5, 5.41) is 1.15. The zero-order chi connectivity index (χ0) is 22.5. The van der Waals surface area contributed by atoms with Gasteiger partial charge in [0, 0.05) is 31.2 Å². The van der Waals surface area contributed by atoms with Crippen molar-refractivity contribution >= 4 is 52.1 Å². The van der Waals surface area contributed by atoms with Crippen molar-refractivity contribution in [3.8, 4) is 0 Å². The molecule has 0 spiro atoms. The van der Waals surface area contributed by atoms with Crippen LogP contribution in [0, 0.1) is 0 Å². The lowest BCUT2D eigenvalue weighted by atomic mass is 10.2. The number of likely N-dealkylation sites (N-methyl/N-ethyl adjacent to an activating group) is 1. The van der Waals surface area contributed by atoms with Gasteiger partial charge in [0.25, 0.3) is 5.91 Å². The minimum Gasteiger partial charge on any atom is -0.339 e. The predicted molar refractivity (Wildman–Crippen MR) is 132 cm³/mol. The Balaban J connectivity index is 1.52. The van der Waals surface area contributed by atoms with Gasteiger partial charge in [0.15, 0.2) is 5.17 Å². The van der Waals surface area contributed by atoms with Crippen LogP contribution in [-0.4, -0.2) is 65.3 Å². The van der Waals surface area contributed by atoms with Crippen LogP contribution in [0.3, 0.4) is 0 Å². The Hall–Kier alpha value is -2.61. The van der Waals surface area contributed by atoms with Crippen LogP contribution < -0.4 is 4.90 Å². The molecule has 0 unspecified atom stereocenters. The van der Waals surface area contributed by atoms with Crippen molar-refractivity contribution in [3.63, 3.8) is 0 Å². The van der Waals surface area contributed by atoms with E-state index in [-0.39, 0.29) is 17.6 Å². The molecule has 8 heteroatoms. The molecule has 2 aromatic carbocycles. The number of halogens is 1. The fraction of sp³-hybridized carbons (Fsp3) is 0.292. The molecule has 166 valence electrons. The Morgan fingerprint density at radius 1 is 1.06 bits per heavy atom. The fourth-order valence-electron chi connectivity index (χ4n) is 3.65. The normalized spacial score (nSPS) is 18.4. The van der Waals surface area contributed by atoms with Crippen LogP contribution in [0.25, 0.3) is 6.08 Å². The summed E-state index contributed by atoms with van der Waals surface area (Å²) < 4.78 is 0. The zero-order valence-corrected chi connectivity index (χ0v) is 19.5. The van der Waals surface area contributed by atoms with E-state index in [0.29, 0.717) is 15.9 Å². The maximum absolute atomic E-state index is 13.2. The zero-order valence-electron chi connectivity index (χ0n) is 17.9. The number of carbonyl (C=O) groups is 2. The molecular weight excluding hydrogens is 444 g/mol. The van der Waals surface area contributed by atoms with Gasteiger partial charge in [0.05, 0.1) is 11.4 Å². The first kappa shape index (κ1) is 22.6. The SMILES string of the molecule is CCN1CCN(C(=O)CSC2=N/C(=C/c3ccc(Cl)cc3)C(=O)N2c2ccccc2)CC1. The van der Waals surface area contributed by atoms with Crippen LogP contribution in [0.4, 0.5) is 5.69 Å². The number of amides is 2. The van der Waals surface area contributed by atoms with Gasteiger partial charge in [-0.3, -0.25) is 14.5 Å². The highest BCUT2D eigenvalue weighted by atomic mass is 35.5. The van der Waals surface area contributed by atoms with E-state index in [1.165, 1.54) is 11.8 Å². The second-order valence-electron chi connectivity index (χ2n) is 7.56. The summed E-state index contributed by atoms with van der Waals surface area (Å²) in [4.78, 5) is 36.4. The first-order valence-corrected chi connectivity index (χ1v) is 12.0. The summed E-state index contributed by atoms with van der Waals surface area (Å²) in [7, 11) is 0. The molecule has 2 amide bonds. The molecule has 0 radical (unpaired) electrons. The molecule has 0 aliphatic carbocycles. The number of piperazine rings is 1. The number of anilines is 1. The summed E-state index contributed by atoms with van der Waals surface area (Å²) in [6.07, 6.45) is 1.74. The van der Waals surface area contributed by atoms with Crippen molar-refractivity contribution in [3.05, 3.63) is 70.9 Å². The van der Waals surface area contributed by atoms with Crippen molar-refractivity contribution in [2.75, 3.05) is 43.4 Å². The molecule has 32 heavy (non-hydrogen) atoms. The van der Waals surface area contributed by atoms with E-state index in [2.05, 4.69) is 16.8 Å². The Morgan fingerprint density at radius 3 is 2.41 bits per heavy atom. The maximum Gasteiger partial charge on any atom is 0.283 e. The van der Waals surface area contributed by atoms with Gasteiger partial charge in [0.1, 0.15) is 5.70 Å². The predicted octanol–water partition coefficient (Wildman–Crippen LogP) is 3.98. The second kappa shape index (κ2) is 10.3. The number of nitrogens with zero attached hydrogens (tertiary/aromatic N) is 4. The number of benzene rings is 2. The summed E-state index contributed by atoms with van der Waals surface area (Å²) >= 11 is 7.27. The average molecular weight is 469 g/mol. The number of para-hydroxylation sites is 1. The van der Waals surface area contributed by atoms with Gasteiger partial charge in [-0.05, 0) is 42.4 Å². The summed E-state index contributed by atoms with van der Waals surface area (Å²) in [6, 6.07) is 16.6. The van der Waals surface area contributed by atoms with Gasteiger partial charge in [-0.25, -0.2) is 4.99 Å². The lowest BCUT2D eigenvalue weighted by Crippen LogP contribution is -2.49. The number of hydrogen-bond acceptors (Lipinski definition) is 5. The van der Waals surface area contributed by atoms with E-state index in [1.54, 1.807) is 23.1 Å². The van der Waals surface area contributed by atoms with Crippen LogP contribution in [0.2, 0.25) is 5.02 Å².